The number of nitrogens with zero attached hydrogens (tertiary/aromatic N) is 3. The van der Waals surface area contributed by atoms with Gasteiger partial charge in [-0.3, -0.25) is 19.3 Å². The number of ether oxygens (including phenoxy) is 3. The van der Waals surface area contributed by atoms with Gasteiger partial charge in [0.2, 0.25) is 0 Å². The van der Waals surface area contributed by atoms with Crippen LogP contribution in [0, 0.1) is 0 Å². The van der Waals surface area contributed by atoms with Crippen LogP contribution >= 0.6 is 0 Å². The molecule has 0 aromatic carbocycles. The lowest BCUT2D eigenvalue weighted by atomic mass is 10.1. The second-order valence-corrected chi connectivity index (χ2v) is 20.2. The minimum Gasteiger partial charge on any atom is -0.462 e. The maximum Gasteiger partial charge on any atom is 0.306 e. The molecule has 1 aliphatic rings. The van der Waals surface area contributed by atoms with E-state index in [0.29, 0.717) is 19.3 Å². The molecule has 1 aliphatic heterocycles. The molecule has 390 valence electrons. The largest absolute Gasteiger partial charge is 0.462 e. The highest BCUT2D eigenvalue weighted by molar-refractivity contribution is 5.70. The van der Waals surface area contributed by atoms with Crippen molar-refractivity contribution in [3.8, 4) is 0 Å². The van der Waals surface area contributed by atoms with Crippen molar-refractivity contribution in [1.29, 1.82) is 0 Å². The van der Waals surface area contributed by atoms with Gasteiger partial charge in [-0.2, -0.15) is 0 Å². The van der Waals surface area contributed by atoms with Gasteiger partial charge in [0, 0.05) is 58.5 Å². The smallest absolute Gasteiger partial charge is 0.306 e. The average molecular weight is 935 g/mol. The van der Waals surface area contributed by atoms with E-state index < -0.39 is 0 Å². The predicted molar refractivity (Wildman–Crippen MR) is 279 cm³/mol. The van der Waals surface area contributed by atoms with E-state index in [1.54, 1.807) is 0 Å². The summed E-state index contributed by atoms with van der Waals surface area (Å²) in [6.07, 6.45) is 39.8. The Hall–Kier alpha value is -1.71. The Morgan fingerprint density at radius 3 is 1.00 bits per heavy atom. The molecule has 66 heavy (non-hydrogen) atoms. The topological polar surface area (TPSA) is 88.6 Å². The lowest BCUT2D eigenvalue weighted by molar-refractivity contribution is -0.150. The molecule has 3 atom stereocenters. The first-order valence-electron chi connectivity index (χ1n) is 29.0. The van der Waals surface area contributed by atoms with Crippen LogP contribution in [0.15, 0.2) is 0 Å². The van der Waals surface area contributed by atoms with E-state index in [1.807, 2.05) is 0 Å². The fraction of sp³-hybridized carbons (Fsp3) is 0.947. The van der Waals surface area contributed by atoms with E-state index in [9.17, 15) is 14.4 Å². The molecule has 0 saturated carbocycles. The molecule has 1 saturated heterocycles. The minimum atomic E-state index is 0.00164. The van der Waals surface area contributed by atoms with Gasteiger partial charge in [0.25, 0.3) is 0 Å². The van der Waals surface area contributed by atoms with Crippen molar-refractivity contribution in [3.63, 3.8) is 0 Å². The van der Waals surface area contributed by atoms with Gasteiger partial charge in [-0.05, 0) is 116 Å². The summed E-state index contributed by atoms with van der Waals surface area (Å²) >= 11 is 0. The molecule has 0 amide bonds. The standard InChI is InChI=1S/C57H111N3O6/c1-7-13-28-37-52(10-4)64-55(61)40-31-22-16-19-25-34-43-58(44-35-26-20-17-23-32-41-56(62)65-53(11-5)38-29-14-8-2)46-49-60-50-47-59(48-51-60)45-36-27-21-18-24-33-42-57(63)66-54(12-6)39-30-15-9-3/h52-54H,7-51H2,1-6H3. The molecular formula is C57H111N3O6. The highest BCUT2D eigenvalue weighted by Crippen LogP contribution is 2.17. The summed E-state index contributed by atoms with van der Waals surface area (Å²) in [5, 5.41) is 0. The first kappa shape index (κ1) is 62.3. The molecule has 0 spiro atoms. The lowest BCUT2D eigenvalue weighted by Gasteiger charge is -2.36. The molecule has 0 aliphatic carbocycles. The Labute approximate surface area is 409 Å². The normalized spacial score (nSPS) is 15.0. The summed E-state index contributed by atoms with van der Waals surface area (Å²) in [5.41, 5.74) is 0. The van der Waals surface area contributed by atoms with Crippen LogP contribution < -0.4 is 0 Å². The van der Waals surface area contributed by atoms with Crippen LogP contribution in [0.2, 0.25) is 0 Å². The molecule has 0 aromatic heterocycles. The number of carbonyl (C=O) groups is 3. The third kappa shape index (κ3) is 37.2. The fourth-order valence-corrected chi connectivity index (χ4v) is 9.43. The Balaban J connectivity index is 2.34. The summed E-state index contributed by atoms with van der Waals surface area (Å²) in [6.45, 7) is 23.7. The van der Waals surface area contributed by atoms with Crippen LogP contribution in [0.3, 0.4) is 0 Å². The van der Waals surface area contributed by atoms with Crippen molar-refractivity contribution in [2.24, 2.45) is 0 Å². The molecule has 1 heterocycles. The second kappa shape index (κ2) is 45.7. The highest BCUT2D eigenvalue weighted by atomic mass is 16.6. The maximum atomic E-state index is 12.4. The SMILES string of the molecule is CCCCCC(CC)OC(=O)CCCCCCCCN(CCCCCCCCC(=O)OC(CC)CCCCC)CCN1CCN(CCCCCCCCC(=O)OC(CC)CCCCC)CC1. The van der Waals surface area contributed by atoms with Crippen molar-refractivity contribution < 1.29 is 28.6 Å². The Morgan fingerprint density at radius 2 is 0.667 bits per heavy atom. The van der Waals surface area contributed by atoms with E-state index in [4.69, 9.17) is 14.2 Å². The van der Waals surface area contributed by atoms with Crippen LogP contribution in [-0.2, 0) is 28.6 Å². The van der Waals surface area contributed by atoms with E-state index in [2.05, 4.69) is 56.2 Å². The van der Waals surface area contributed by atoms with Crippen LogP contribution in [0.25, 0.3) is 0 Å². The molecule has 3 unspecified atom stereocenters. The maximum absolute atomic E-state index is 12.4. The number of hydrogen-bond donors (Lipinski definition) is 0. The molecule has 9 nitrogen and oxygen atoms in total. The molecule has 0 aromatic rings. The van der Waals surface area contributed by atoms with Crippen LogP contribution in [-0.4, -0.2) is 110 Å². The first-order valence-corrected chi connectivity index (χ1v) is 29.0. The van der Waals surface area contributed by atoms with Gasteiger partial charge < -0.3 is 24.0 Å². The molecular weight excluding hydrogens is 823 g/mol. The molecule has 1 rings (SSSR count). The van der Waals surface area contributed by atoms with Gasteiger partial charge in [-0.25, -0.2) is 0 Å². The molecule has 0 bridgehead atoms. The van der Waals surface area contributed by atoms with E-state index in [1.165, 1.54) is 168 Å². The van der Waals surface area contributed by atoms with Gasteiger partial charge in [-0.15, -0.1) is 0 Å². The van der Waals surface area contributed by atoms with E-state index in [-0.39, 0.29) is 36.2 Å². The van der Waals surface area contributed by atoms with Crippen LogP contribution in [0.5, 0.6) is 0 Å². The van der Waals surface area contributed by atoms with Crippen molar-refractivity contribution in [2.75, 3.05) is 58.9 Å². The minimum absolute atomic E-state index is 0.00164. The lowest BCUT2D eigenvalue weighted by Crippen LogP contribution is -2.48. The third-order valence-electron chi connectivity index (χ3n) is 14.2. The zero-order chi connectivity index (χ0) is 48.1. The van der Waals surface area contributed by atoms with Crippen molar-refractivity contribution in [3.05, 3.63) is 0 Å². The Morgan fingerprint density at radius 1 is 0.364 bits per heavy atom. The third-order valence-corrected chi connectivity index (χ3v) is 14.2. The second-order valence-electron chi connectivity index (χ2n) is 20.2. The quantitative estimate of drug-likeness (QED) is 0.0336. The summed E-state index contributed by atoms with van der Waals surface area (Å²) < 4.78 is 17.3. The zero-order valence-corrected chi connectivity index (χ0v) is 44.8. The highest BCUT2D eigenvalue weighted by Gasteiger charge is 2.18. The number of rotatable bonds is 48. The van der Waals surface area contributed by atoms with E-state index >= 15 is 0 Å². The molecule has 1 fully saturated rings. The van der Waals surface area contributed by atoms with Gasteiger partial charge in [0.1, 0.15) is 18.3 Å². The van der Waals surface area contributed by atoms with Gasteiger partial charge in [0.05, 0.1) is 0 Å². The molecule has 9 heteroatoms. The van der Waals surface area contributed by atoms with Crippen LogP contribution in [0.1, 0.15) is 273 Å². The number of esters is 3. The van der Waals surface area contributed by atoms with Crippen molar-refractivity contribution >= 4 is 17.9 Å². The summed E-state index contributed by atoms with van der Waals surface area (Å²) in [4.78, 5) is 45.2. The number of hydrogen-bond acceptors (Lipinski definition) is 9. The summed E-state index contributed by atoms with van der Waals surface area (Å²) in [5.74, 6) is 0.00914. The number of piperazine rings is 1. The van der Waals surface area contributed by atoms with E-state index in [0.717, 1.165) is 103 Å². The Bertz CT molecular complexity index is 1050. The average Bonchev–Trinajstić information content (AvgIpc) is 3.32. The summed E-state index contributed by atoms with van der Waals surface area (Å²) in [6, 6.07) is 0. The van der Waals surface area contributed by atoms with Crippen LogP contribution in [0.4, 0.5) is 0 Å². The summed E-state index contributed by atoms with van der Waals surface area (Å²) in [7, 11) is 0. The van der Waals surface area contributed by atoms with Gasteiger partial charge in [-0.1, -0.05) is 157 Å². The molecule has 0 radical (unpaired) electrons. The first-order chi connectivity index (χ1) is 32.3. The Kier molecular flexibility index (Phi) is 43.2. The number of unbranched alkanes of at least 4 members (excludes halogenated alkanes) is 21. The monoisotopic (exact) mass is 934 g/mol. The van der Waals surface area contributed by atoms with Crippen molar-refractivity contribution in [2.45, 2.75) is 291 Å². The van der Waals surface area contributed by atoms with Gasteiger partial charge in [0.15, 0.2) is 0 Å². The van der Waals surface area contributed by atoms with Crippen molar-refractivity contribution in [1.82, 2.24) is 14.7 Å². The van der Waals surface area contributed by atoms with Gasteiger partial charge >= 0.3 is 17.9 Å². The zero-order valence-electron chi connectivity index (χ0n) is 44.8. The predicted octanol–water partition coefficient (Wildman–Crippen LogP) is 14.8. The fourth-order valence-electron chi connectivity index (χ4n) is 9.43. The molecule has 0 N–H and O–H groups in total. The number of carbonyl (C=O) groups excluding carboxylic acids is 3.